The monoisotopic (exact) mass is 268 g/mol. The molecule has 0 heterocycles. The van der Waals surface area contributed by atoms with Crippen molar-refractivity contribution in [3.8, 4) is 0 Å². The Balaban J connectivity index is 2.37. The lowest BCUT2D eigenvalue weighted by atomic mass is 9.71. The van der Waals surface area contributed by atoms with E-state index in [1.807, 2.05) is 0 Å². The Morgan fingerprint density at radius 1 is 1.16 bits per heavy atom. The summed E-state index contributed by atoms with van der Waals surface area (Å²) >= 11 is 0. The number of hydrogen-bond donors (Lipinski definition) is 1. The van der Waals surface area contributed by atoms with E-state index in [1.165, 1.54) is 18.2 Å². The predicted octanol–water partition coefficient (Wildman–Crippen LogP) is 4.60. The van der Waals surface area contributed by atoms with Gasteiger partial charge in [-0.3, -0.25) is 0 Å². The third kappa shape index (κ3) is 2.81. The zero-order valence-electron chi connectivity index (χ0n) is 11.6. The summed E-state index contributed by atoms with van der Waals surface area (Å²) in [7, 11) is 0. The van der Waals surface area contributed by atoms with Gasteiger partial charge in [-0.1, -0.05) is 32.8 Å². The SMILES string of the molecule is CC(C)CC1(C(O)c2c(F)cccc2F)CCCC1. The molecule has 0 bridgehead atoms. The second kappa shape index (κ2) is 5.58. The highest BCUT2D eigenvalue weighted by Gasteiger charge is 2.43. The molecule has 1 aromatic rings. The minimum atomic E-state index is -1.04. The fraction of sp³-hybridized carbons (Fsp3) is 0.625. The highest BCUT2D eigenvalue weighted by Crippen LogP contribution is 2.52. The lowest BCUT2D eigenvalue weighted by molar-refractivity contribution is 0.00620. The summed E-state index contributed by atoms with van der Waals surface area (Å²) in [5.41, 5.74) is -0.512. The van der Waals surface area contributed by atoms with Crippen LogP contribution in [0.1, 0.15) is 57.6 Å². The van der Waals surface area contributed by atoms with E-state index < -0.39 is 17.7 Å². The van der Waals surface area contributed by atoms with Crippen molar-refractivity contribution in [1.29, 1.82) is 0 Å². The molecule has 0 radical (unpaired) electrons. The zero-order valence-corrected chi connectivity index (χ0v) is 11.6. The summed E-state index contributed by atoms with van der Waals surface area (Å²) in [6.45, 7) is 4.18. The third-order valence-electron chi connectivity index (χ3n) is 4.27. The van der Waals surface area contributed by atoms with E-state index in [9.17, 15) is 13.9 Å². The number of hydrogen-bond acceptors (Lipinski definition) is 1. The van der Waals surface area contributed by atoms with Crippen LogP contribution >= 0.6 is 0 Å². The summed E-state index contributed by atoms with van der Waals surface area (Å²) in [5, 5.41) is 10.6. The molecule has 1 aliphatic rings. The molecule has 1 saturated carbocycles. The van der Waals surface area contributed by atoms with Crippen molar-refractivity contribution < 1.29 is 13.9 Å². The summed E-state index contributed by atoms with van der Waals surface area (Å²) in [5.74, 6) is -0.868. The van der Waals surface area contributed by atoms with E-state index in [0.717, 1.165) is 32.1 Å². The average Bonchev–Trinajstić information content (AvgIpc) is 2.77. The Hall–Kier alpha value is -0.960. The van der Waals surface area contributed by atoms with Crippen molar-refractivity contribution in [3.63, 3.8) is 0 Å². The van der Waals surface area contributed by atoms with Crippen LogP contribution in [0.15, 0.2) is 18.2 Å². The van der Waals surface area contributed by atoms with E-state index >= 15 is 0 Å². The van der Waals surface area contributed by atoms with Gasteiger partial charge in [0.25, 0.3) is 0 Å². The van der Waals surface area contributed by atoms with Crippen molar-refractivity contribution in [2.24, 2.45) is 11.3 Å². The van der Waals surface area contributed by atoms with Crippen molar-refractivity contribution in [2.45, 2.75) is 52.1 Å². The van der Waals surface area contributed by atoms with Gasteiger partial charge in [-0.2, -0.15) is 0 Å². The fourth-order valence-corrected chi connectivity index (χ4v) is 3.56. The Labute approximate surface area is 113 Å². The summed E-state index contributed by atoms with van der Waals surface area (Å²) in [6.07, 6.45) is 3.51. The molecule has 3 heteroatoms. The first kappa shape index (κ1) is 14.4. The first-order chi connectivity index (χ1) is 8.96. The van der Waals surface area contributed by atoms with Crippen LogP contribution in [0.3, 0.4) is 0 Å². The number of benzene rings is 1. The van der Waals surface area contributed by atoms with E-state index in [0.29, 0.717) is 5.92 Å². The Kier molecular flexibility index (Phi) is 4.24. The van der Waals surface area contributed by atoms with Crippen LogP contribution in [-0.4, -0.2) is 5.11 Å². The highest BCUT2D eigenvalue weighted by molar-refractivity contribution is 5.24. The number of rotatable bonds is 4. The second-order valence-electron chi connectivity index (χ2n) is 6.21. The lowest BCUT2D eigenvalue weighted by Crippen LogP contribution is -2.29. The van der Waals surface area contributed by atoms with Crippen LogP contribution in [-0.2, 0) is 0 Å². The number of aliphatic hydroxyl groups is 1. The first-order valence-corrected chi connectivity index (χ1v) is 7.08. The van der Waals surface area contributed by atoms with Gasteiger partial charge in [-0.05, 0) is 37.3 Å². The molecule has 1 nitrogen and oxygen atoms in total. The molecule has 1 fully saturated rings. The zero-order chi connectivity index (χ0) is 14.0. The largest absolute Gasteiger partial charge is 0.388 e. The third-order valence-corrected chi connectivity index (χ3v) is 4.27. The van der Waals surface area contributed by atoms with Crippen LogP contribution in [0.25, 0.3) is 0 Å². The molecule has 19 heavy (non-hydrogen) atoms. The summed E-state index contributed by atoms with van der Waals surface area (Å²) in [4.78, 5) is 0. The molecule has 0 amide bonds. The molecule has 106 valence electrons. The van der Waals surface area contributed by atoms with Crippen LogP contribution in [0.2, 0.25) is 0 Å². The maximum Gasteiger partial charge on any atom is 0.131 e. The first-order valence-electron chi connectivity index (χ1n) is 7.08. The number of aliphatic hydroxyl groups excluding tert-OH is 1. The molecule has 1 aromatic carbocycles. The predicted molar refractivity (Wildman–Crippen MR) is 71.7 cm³/mol. The molecular formula is C16H22F2O. The van der Waals surface area contributed by atoms with Gasteiger partial charge in [-0.15, -0.1) is 0 Å². The molecule has 1 N–H and O–H groups in total. The quantitative estimate of drug-likeness (QED) is 0.845. The Morgan fingerprint density at radius 2 is 1.68 bits per heavy atom. The van der Waals surface area contributed by atoms with Gasteiger partial charge in [0, 0.05) is 5.41 Å². The van der Waals surface area contributed by atoms with Crippen molar-refractivity contribution >= 4 is 0 Å². The van der Waals surface area contributed by atoms with Crippen LogP contribution < -0.4 is 0 Å². The summed E-state index contributed by atoms with van der Waals surface area (Å²) < 4.78 is 27.7. The van der Waals surface area contributed by atoms with Gasteiger partial charge in [-0.25, -0.2) is 8.78 Å². The standard InChI is InChI=1S/C16H22F2O/c1-11(2)10-16(8-3-4-9-16)15(19)14-12(17)6-5-7-13(14)18/h5-7,11,15,19H,3-4,8-10H2,1-2H3. The van der Waals surface area contributed by atoms with Crippen LogP contribution in [0.4, 0.5) is 8.78 Å². The lowest BCUT2D eigenvalue weighted by Gasteiger charge is -2.36. The van der Waals surface area contributed by atoms with Gasteiger partial charge < -0.3 is 5.11 Å². The summed E-state index contributed by atoms with van der Waals surface area (Å²) in [6, 6.07) is 3.78. The molecular weight excluding hydrogens is 246 g/mol. The van der Waals surface area contributed by atoms with Gasteiger partial charge in [0.1, 0.15) is 11.6 Å². The molecule has 1 aliphatic carbocycles. The van der Waals surface area contributed by atoms with Crippen molar-refractivity contribution in [3.05, 3.63) is 35.4 Å². The minimum absolute atomic E-state index is 0.148. The second-order valence-corrected chi connectivity index (χ2v) is 6.21. The van der Waals surface area contributed by atoms with Crippen molar-refractivity contribution in [1.82, 2.24) is 0 Å². The van der Waals surface area contributed by atoms with E-state index in [4.69, 9.17) is 0 Å². The maximum atomic E-state index is 13.9. The van der Waals surface area contributed by atoms with Gasteiger partial charge >= 0.3 is 0 Å². The Morgan fingerprint density at radius 3 is 2.16 bits per heavy atom. The van der Waals surface area contributed by atoms with Crippen molar-refractivity contribution in [2.75, 3.05) is 0 Å². The van der Waals surface area contributed by atoms with E-state index in [-0.39, 0.29) is 11.0 Å². The molecule has 1 atom stereocenters. The molecule has 2 rings (SSSR count). The van der Waals surface area contributed by atoms with Gasteiger partial charge in [0.05, 0.1) is 11.7 Å². The van der Waals surface area contributed by atoms with Gasteiger partial charge in [0.2, 0.25) is 0 Å². The smallest absolute Gasteiger partial charge is 0.131 e. The number of halogens is 2. The van der Waals surface area contributed by atoms with Gasteiger partial charge in [0.15, 0.2) is 0 Å². The molecule has 0 spiro atoms. The Bertz CT molecular complexity index is 416. The maximum absolute atomic E-state index is 13.9. The molecule has 0 saturated heterocycles. The van der Waals surface area contributed by atoms with E-state index in [2.05, 4.69) is 13.8 Å². The van der Waals surface area contributed by atoms with Crippen LogP contribution in [0, 0.1) is 23.0 Å². The molecule has 1 unspecified atom stereocenters. The minimum Gasteiger partial charge on any atom is -0.388 e. The van der Waals surface area contributed by atoms with Crippen LogP contribution in [0.5, 0.6) is 0 Å². The highest BCUT2D eigenvalue weighted by atomic mass is 19.1. The van der Waals surface area contributed by atoms with E-state index in [1.54, 1.807) is 0 Å². The fourth-order valence-electron chi connectivity index (χ4n) is 3.56. The average molecular weight is 268 g/mol. The topological polar surface area (TPSA) is 20.2 Å². The molecule has 0 aromatic heterocycles. The molecule has 0 aliphatic heterocycles. The normalized spacial score (nSPS) is 19.9.